The molecule has 180 valence electrons. The van der Waals surface area contributed by atoms with E-state index < -0.39 is 0 Å². The van der Waals surface area contributed by atoms with E-state index in [1.54, 1.807) is 0 Å². The van der Waals surface area contributed by atoms with Crippen molar-refractivity contribution in [3.8, 4) is 0 Å². The second-order valence-corrected chi connectivity index (χ2v) is 10.7. The summed E-state index contributed by atoms with van der Waals surface area (Å²) in [6.45, 7) is 3.35. The number of rotatable bonds is 17. The fraction of sp³-hybridized carbons (Fsp3) is 0.767. The molecule has 1 aromatic rings. The minimum Gasteiger partial charge on any atom is -0.299 e. The minimum absolute atomic E-state index is 0.344. The highest BCUT2D eigenvalue weighted by Crippen LogP contribution is 2.40. The van der Waals surface area contributed by atoms with E-state index in [4.69, 9.17) is 0 Å². The number of carbonyl (C=O) groups excluding carboxylic acids is 1. The molecule has 2 unspecified atom stereocenters. The number of benzene rings is 1. The van der Waals surface area contributed by atoms with Crippen LogP contribution < -0.4 is 0 Å². The van der Waals surface area contributed by atoms with Crippen molar-refractivity contribution < 1.29 is 4.79 Å². The lowest BCUT2D eigenvalue weighted by Gasteiger charge is -2.38. The molecule has 1 aromatic carbocycles. The summed E-state index contributed by atoms with van der Waals surface area (Å²) in [4.78, 5) is 15.6. The molecule has 2 aliphatic heterocycles. The van der Waals surface area contributed by atoms with Gasteiger partial charge in [-0.3, -0.25) is 9.69 Å². The van der Waals surface area contributed by atoms with Crippen molar-refractivity contribution >= 4 is 5.78 Å². The standard InChI is InChI=1S/C30H49NO/c1-2-3-4-5-6-7-8-9-10-11-12-13-17-20-30(32)27-23-28-21-22-29(24-27)31(28)25-26-18-15-14-16-19-26/h14-16,18-19,27-29H,2-13,17,20-25H2,1H3. The average molecular weight is 440 g/mol. The maximum Gasteiger partial charge on any atom is 0.136 e. The zero-order chi connectivity index (χ0) is 22.4. The molecule has 0 N–H and O–H groups in total. The van der Waals surface area contributed by atoms with Gasteiger partial charge in [-0.25, -0.2) is 0 Å². The zero-order valence-electron chi connectivity index (χ0n) is 20.9. The minimum atomic E-state index is 0.344. The molecule has 32 heavy (non-hydrogen) atoms. The number of fused-ring (bicyclic) bond motifs is 2. The van der Waals surface area contributed by atoms with Crippen LogP contribution >= 0.6 is 0 Å². The van der Waals surface area contributed by atoms with Crippen LogP contribution in [0.25, 0.3) is 0 Å². The SMILES string of the molecule is CCCCCCCCCCCCCCCC(=O)C1CC2CCC(C1)N2Cc1ccccc1. The first kappa shape index (κ1) is 25.5. The van der Waals surface area contributed by atoms with Gasteiger partial charge >= 0.3 is 0 Å². The Kier molecular flexibility index (Phi) is 11.9. The molecule has 2 heterocycles. The quantitative estimate of drug-likeness (QED) is 0.227. The lowest BCUT2D eigenvalue weighted by Crippen LogP contribution is -2.44. The summed E-state index contributed by atoms with van der Waals surface area (Å²) in [6, 6.07) is 12.1. The van der Waals surface area contributed by atoms with E-state index in [0.717, 1.165) is 32.2 Å². The Morgan fingerprint density at radius 3 is 1.78 bits per heavy atom. The molecule has 2 saturated heterocycles. The molecule has 3 rings (SSSR count). The summed E-state index contributed by atoms with van der Waals surface area (Å²) in [5.41, 5.74) is 1.42. The Morgan fingerprint density at radius 2 is 1.25 bits per heavy atom. The summed E-state index contributed by atoms with van der Waals surface area (Å²) < 4.78 is 0. The fourth-order valence-electron chi connectivity index (χ4n) is 6.11. The van der Waals surface area contributed by atoms with Crippen LogP contribution in [0, 0.1) is 5.92 Å². The van der Waals surface area contributed by atoms with Crippen LogP contribution in [0.2, 0.25) is 0 Å². The highest BCUT2D eigenvalue weighted by atomic mass is 16.1. The molecule has 2 nitrogen and oxygen atoms in total. The Hall–Kier alpha value is -1.15. The van der Waals surface area contributed by atoms with Gasteiger partial charge in [0.25, 0.3) is 0 Å². The molecule has 0 aliphatic carbocycles. The van der Waals surface area contributed by atoms with Gasteiger partial charge in [-0.1, -0.05) is 114 Å². The molecule has 0 radical (unpaired) electrons. The Balaban J connectivity index is 1.20. The number of hydrogen-bond donors (Lipinski definition) is 0. The van der Waals surface area contributed by atoms with Crippen LogP contribution in [0.5, 0.6) is 0 Å². The Bertz CT molecular complexity index is 613. The predicted molar refractivity (Wildman–Crippen MR) is 137 cm³/mol. The monoisotopic (exact) mass is 439 g/mol. The van der Waals surface area contributed by atoms with Crippen molar-refractivity contribution in [3.63, 3.8) is 0 Å². The Labute approximate surface area is 198 Å². The number of ketones is 1. The van der Waals surface area contributed by atoms with Crippen molar-refractivity contribution in [1.82, 2.24) is 4.90 Å². The molecular formula is C30H49NO. The number of hydrogen-bond acceptors (Lipinski definition) is 2. The van der Waals surface area contributed by atoms with Crippen molar-refractivity contribution in [2.45, 2.75) is 141 Å². The van der Waals surface area contributed by atoms with Crippen molar-refractivity contribution in [2.24, 2.45) is 5.92 Å². The third kappa shape index (κ3) is 8.65. The molecule has 2 fully saturated rings. The summed E-state index contributed by atoms with van der Waals surface area (Å²) >= 11 is 0. The smallest absolute Gasteiger partial charge is 0.136 e. The number of nitrogens with zero attached hydrogens (tertiary/aromatic N) is 1. The lowest BCUT2D eigenvalue weighted by atomic mass is 9.85. The number of Topliss-reactive ketones (excluding diaryl/α,β-unsaturated/α-hetero) is 1. The van der Waals surface area contributed by atoms with Gasteiger partial charge in [0.1, 0.15) is 5.78 Å². The van der Waals surface area contributed by atoms with Crippen LogP contribution in [-0.2, 0) is 11.3 Å². The van der Waals surface area contributed by atoms with Gasteiger partial charge < -0.3 is 0 Å². The molecule has 0 saturated carbocycles. The number of piperidine rings is 1. The molecule has 2 aliphatic rings. The maximum atomic E-state index is 12.9. The van der Waals surface area contributed by atoms with Crippen LogP contribution in [0.4, 0.5) is 0 Å². The first-order valence-electron chi connectivity index (χ1n) is 14.1. The van der Waals surface area contributed by atoms with Crippen LogP contribution in [-0.4, -0.2) is 22.8 Å². The fourth-order valence-corrected chi connectivity index (χ4v) is 6.11. The lowest BCUT2D eigenvalue weighted by molar-refractivity contribution is -0.125. The summed E-state index contributed by atoms with van der Waals surface area (Å²) in [5.74, 6) is 0.918. The molecule has 2 atom stereocenters. The molecule has 0 aromatic heterocycles. The third-order valence-electron chi connectivity index (χ3n) is 8.07. The van der Waals surface area contributed by atoms with Crippen LogP contribution in [0.3, 0.4) is 0 Å². The molecule has 2 bridgehead atoms. The van der Waals surface area contributed by atoms with Gasteiger partial charge in [0.2, 0.25) is 0 Å². The van der Waals surface area contributed by atoms with Gasteiger partial charge in [0.15, 0.2) is 0 Å². The second-order valence-electron chi connectivity index (χ2n) is 10.7. The van der Waals surface area contributed by atoms with Crippen molar-refractivity contribution in [2.75, 3.05) is 0 Å². The number of carbonyl (C=O) groups is 1. The summed E-state index contributed by atoms with van der Waals surface area (Å²) in [5, 5.41) is 0. The van der Waals surface area contributed by atoms with E-state index >= 15 is 0 Å². The van der Waals surface area contributed by atoms with E-state index in [2.05, 4.69) is 42.2 Å². The van der Waals surface area contributed by atoms with Gasteiger partial charge in [0, 0.05) is 31.0 Å². The van der Waals surface area contributed by atoms with Gasteiger partial charge in [-0.05, 0) is 37.7 Å². The van der Waals surface area contributed by atoms with E-state index in [1.165, 1.54) is 95.5 Å². The summed E-state index contributed by atoms with van der Waals surface area (Å²) in [7, 11) is 0. The van der Waals surface area contributed by atoms with Crippen molar-refractivity contribution in [3.05, 3.63) is 35.9 Å². The van der Waals surface area contributed by atoms with Crippen molar-refractivity contribution in [1.29, 1.82) is 0 Å². The topological polar surface area (TPSA) is 20.3 Å². The van der Waals surface area contributed by atoms with E-state index in [1.807, 2.05) is 0 Å². The second kappa shape index (κ2) is 14.9. The molecule has 0 amide bonds. The summed E-state index contributed by atoms with van der Waals surface area (Å²) in [6.07, 6.45) is 23.5. The molecule has 0 spiro atoms. The average Bonchev–Trinajstić information content (AvgIpc) is 3.04. The van der Waals surface area contributed by atoms with E-state index in [0.29, 0.717) is 23.8 Å². The van der Waals surface area contributed by atoms with E-state index in [9.17, 15) is 4.79 Å². The predicted octanol–water partition coefficient (Wildman–Crippen LogP) is 8.48. The van der Waals surface area contributed by atoms with Gasteiger partial charge in [-0.2, -0.15) is 0 Å². The highest BCUT2D eigenvalue weighted by molar-refractivity contribution is 5.81. The normalized spacial score (nSPS) is 23.0. The first-order chi connectivity index (χ1) is 15.8. The van der Waals surface area contributed by atoms with Gasteiger partial charge in [-0.15, -0.1) is 0 Å². The largest absolute Gasteiger partial charge is 0.299 e. The first-order valence-corrected chi connectivity index (χ1v) is 14.1. The van der Waals surface area contributed by atoms with Crippen LogP contribution in [0.1, 0.15) is 128 Å². The molecule has 2 heteroatoms. The van der Waals surface area contributed by atoms with Gasteiger partial charge in [0.05, 0.1) is 0 Å². The Morgan fingerprint density at radius 1 is 0.750 bits per heavy atom. The third-order valence-corrected chi connectivity index (χ3v) is 8.07. The van der Waals surface area contributed by atoms with E-state index in [-0.39, 0.29) is 0 Å². The highest BCUT2D eigenvalue weighted by Gasteiger charge is 2.42. The maximum absolute atomic E-state index is 12.9. The number of unbranched alkanes of at least 4 members (excludes halogenated alkanes) is 12. The zero-order valence-corrected chi connectivity index (χ0v) is 20.9. The molecular weight excluding hydrogens is 390 g/mol. The van der Waals surface area contributed by atoms with Crippen LogP contribution in [0.15, 0.2) is 30.3 Å².